The molecule has 0 atom stereocenters. The third-order valence-corrected chi connectivity index (χ3v) is 3.96. The van der Waals surface area contributed by atoms with Crippen LogP contribution in [-0.2, 0) is 0 Å². The van der Waals surface area contributed by atoms with Crippen LogP contribution < -0.4 is 0 Å². The Kier molecular flexibility index (Phi) is 3.48. The summed E-state index contributed by atoms with van der Waals surface area (Å²) in [4.78, 5) is 0. The first-order valence-corrected chi connectivity index (χ1v) is 7.06. The van der Waals surface area contributed by atoms with E-state index in [2.05, 4.69) is 15.9 Å². The van der Waals surface area contributed by atoms with Gasteiger partial charge in [0.1, 0.15) is 0 Å². The van der Waals surface area contributed by atoms with Crippen molar-refractivity contribution in [2.75, 3.05) is 0 Å². The molecule has 0 fully saturated rings. The largest absolute Gasteiger partial charge is 0.204 e. The van der Waals surface area contributed by atoms with Gasteiger partial charge in [0, 0.05) is 15.1 Å². The first-order chi connectivity index (χ1) is 9.54. The van der Waals surface area contributed by atoms with Crippen LogP contribution in [-0.4, -0.2) is 0 Å². The van der Waals surface area contributed by atoms with Crippen LogP contribution in [0.1, 0.15) is 0 Å². The Morgan fingerprint density at radius 2 is 1.35 bits per heavy atom. The van der Waals surface area contributed by atoms with Gasteiger partial charge in [-0.1, -0.05) is 39.7 Å². The van der Waals surface area contributed by atoms with Crippen LogP contribution in [0.2, 0.25) is 5.02 Å². The molecule has 0 aliphatic carbocycles. The molecule has 3 aromatic rings. The van der Waals surface area contributed by atoms with E-state index >= 15 is 0 Å². The van der Waals surface area contributed by atoms with Gasteiger partial charge in [-0.2, -0.15) is 0 Å². The number of benzene rings is 3. The van der Waals surface area contributed by atoms with Crippen LogP contribution in [0, 0.1) is 11.6 Å². The van der Waals surface area contributed by atoms with Crippen LogP contribution in [0.4, 0.5) is 8.78 Å². The second kappa shape index (κ2) is 5.15. The lowest BCUT2D eigenvalue weighted by Gasteiger charge is -2.08. The van der Waals surface area contributed by atoms with Crippen molar-refractivity contribution in [3.05, 3.63) is 69.7 Å². The molecule has 0 nitrogen and oxygen atoms in total. The molecule has 0 bridgehead atoms. The SMILES string of the molecule is Fc1cc2cc(Cl)c(-c3ccc(Br)cc3)cc2cc1F. The second-order valence-corrected chi connectivity index (χ2v) is 5.78. The molecule has 0 heterocycles. The van der Waals surface area contributed by atoms with Gasteiger partial charge in [-0.15, -0.1) is 0 Å². The van der Waals surface area contributed by atoms with Crippen molar-refractivity contribution in [2.45, 2.75) is 0 Å². The van der Waals surface area contributed by atoms with Gasteiger partial charge in [0.25, 0.3) is 0 Å². The van der Waals surface area contributed by atoms with Crippen LogP contribution in [0.25, 0.3) is 21.9 Å². The molecule has 0 spiro atoms. The van der Waals surface area contributed by atoms with E-state index < -0.39 is 11.6 Å². The van der Waals surface area contributed by atoms with Crippen molar-refractivity contribution in [3.8, 4) is 11.1 Å². The van der Waals surface area contributed by atoms with E-state index in [9.17, 15) is 8.78 Å². The third-order valence-electron chi connectivity index (χ3n) is 3.12. The molecule has 0 N–H and O–H groups in total. The first-order valence-electron chi connectivity index (χ1n) is 5.89. The highest BCUT2D eigenvalue weighted by molar-refractivity contribution is 9.10. The normalized spacial score (nSPS) is 11.0. The molecular formula is C16H8BrClF2. The Labute approximate surface area is 128 Å². The molecule has 20 heavy (non-hydrogen) atoms. The molecule has 3 rings (SSSR count). The highest BCUT2D eigenvalue weighted by atomic mass is 79.9. The fraction of sp³-hybridized carbons (Fsp3) is 0. The summed E-state index contributed by atoms with van der Waals surface area (Å²) in [6.07, 6.45) is 0. The standard InChI is InChI=1S/C16H8BrClF2/c17-12-3-1-9(2-4-12)13-5-10-7-15(19)16(20)8-11(10)6-14(13)18/h1-8H. The molecule has 0 saturated heterocycles. The van der Waals surface area contributed by atoms with Gasteiger partial charge >= 0.3 is 0 Å². The van der Waals surface area contributed by atoms with Crippen molar-refractivity contribution in [1.29, 1.82) is 0 Å². The molecule has 100 valence electrons. The summed E-state index contributed by atoms with van der Waals surface area (Å²) in [6, 6.07) is 13.4. The maximum absolute atomic E-state index is 13.3. The minimum atomic E-state index is -0.870. The van der Waals surface area contributed by atoms with Gasteiger partial charge in [0.2, 0.25) is 0 Å². The smallest absolute Gasteiger partial charge is 0.159 e. The van der Waals surface area contributed by atoms with E-state index in [1.807, 2.05) is 24.3 Å². The predicted molar refractivity (Wildman–Crippen MR) is 82.0 cm³/mol. The Morgan fingerprint density at radius 1 is 0.800 bits per heavy atom. The Hall–Kier alpha value is -1.45. The summed E-state index contributed by atoms with van der Waals surface area (Å²) in [5, 5.41) is 1.70. The molecule has 0 unspecified atom stereocenters. The van der Waals surface area contributed by atoms with Crippen LogP contribution in [0.15, 0.2) is 53.0 Å². The Balaban J connectivity index is 2.23. The zero-order valence-corrected chi connectivity index (χ0v) is 12.5. The van der Waals surface area contributed by atoms with E-state index in [-0.39, 0.29) is 0 Å². The van der Waals surface area contributed by atoms with E-state index in [4.69, 9.17) is 11.6 Å². The maximum atomic E-state index is 13.3. The van der Waals surface area contributed by atoms with Gasteiger partial charge in [0.05, 0.1) is 0 Å². The van der Waals surface area contributed by atoms with E-state index in [1.54, 1.807) is 12.1 Å². The summed E-state index contributed by atoms with van der Waals surface area (Å²) in [7, 11) is 0. The fourth-order valence-electron chi connectivity index (χ4n) is 2.12. The van der Waals surface area contributed by atoms with Crippen LogP contribution in [0.5, 0.6) is 0 Å². The highest BCUT2D eigenvalue weighted by Gasteiger charge is 2.09. The van der Waals surface area contributed by atoms with E-state index in [0.717, 1.165) is 21.7 Å². The van der Waals surface area contributed by atoms with Crippen molar-refractivity contribution in [2.24, 2.45) is 0 Å². The van der Waals surface area contributed by atoms with E-state index in [1.165, 1.54) is 6.07 Å². The summed E-state index contributed by atoms with van der Waals surface area (Å²) in [5.74, 6) is -1.73. The third kappa shape index (κ3) is 2.43. The lowest BCUT2D eigenvalue weighted by molar-refractivity contribution is 0.511. The topological polar surface area (TPSA) is 0 Å². The minimum Gasteiger partial charge on any atom is -0.204 e. The molecular weight excluding hydrogens is 346 g/mol. The van der Waals surface area contributed by atoms with E-state index in [0.29, 0.717) is 15.8 Å². The van der Waals surface area contributed by atoms with Gasteiger partial charge < -0.3 is 0 Å². The number of fused-ring (bicyclic) bond motifs is 1. The summed E-state index contributed by atoms with van der Waals surface area (Å²) >= 11 is 9.61. The average molecular weight is 354 g/mol. The monoisotopic (exact) mass is 352 g/mol. The Bertz CT molecular complexity index is 798. The molecule has 4 heteroatoms. The first kappa shape index (κ1) is 13.5. The zero-order valence-electron chi connectivity index (χ0n) is 10.1. The molecule has 3 aromatic carbocycles. The predicted octanol–water partition coefficient (Wildman–Crippen LogP) is 6.20. The van der Waals surface area contributed by atoms with Crippen molar-refractivity contribution in [1.82, 2.24) is 0 Å². The Morgan fingerprint density at radius 3 is 1.95 bits per heavy atom. The number of rotatable bonds is 1. The molecule has 0 radical (unpaired) electrons. The molecule has 0 saturated carbocycles. The number of hydrogen-bond donors (Lipinski definition) is 0. The summed E-state index contributed by atoms with van der Waals surface area (Å²) in [5.41, 5.74) is 1.71. The second-order valence-electron chi connectivity index (χ2n) is 4.45. The minimum absolute atomic E-state index is 0.505. The van der Waals surface area contributed by atoms with Crippen molar-refractivity contribution < 1.29 is 8.78 Å². The summed E-state index contributed by atoms with van der Waals surface area (Å²) in [6.45, 7) is 0. The number of halogens is 4. The maximum Gasteiger partial charge on any atom is 0.159 e. The quantitative estimate of drug-likeness (QED) is 0.488. The van der Waals surface area contributed by atoms with Gasteiger partial charge in [-0.3, -0.25) is 0 Å². The van der Waals surface area contributed by atoms with Crippen LogP contribution in [0.3, 0.4) is 0 Å². The molecule has 0 aliphatic rings. The number of hydrogen-bond acceptors (Lipinski definition) is 0. The lowest BCUT2D eigenvalue weighted by Crippen LogP contribution is -1.86. The fourth-order valence-corrected chi connectivity index (χ4v) is 2.66. The zero-order chi connectivity index (χ0) is 14.3. The average Bonchev–Trinajstić information content (AvgIpc) is 2.41. The van der Waals surface area contributed by atoms with Gasteiger partial charge in [0.15, 0.2) is 11.6 Å². The van der Waals surface area contributed by atoms with Crippen LogP contribution >= 0.6 is 27.5 Å². The summed E-state index contributed by atoms with van der Waals surface area (Å²) < 4.78 is 27.5. The lowest BCUT2D eigenvalue weighted by atomic mass is 10.0. The molecule has 0 aromatic heterocycles. The molecule has 0 aliphatic heterocycles. The molecule has 0 amide bonds. The van der Waals surface area contributed by atoms with Gasteiger partial charge in [-0.05, 0) is 52.7 Å². The van der Waals surface area contributed by atoms with Gasteiger partial charge in [-0.25, -0.2) is 8.78 Å². The highest BCUT2D eigenvalue weighted by Crippen LogP contribution is 2.33. The van der Waals surface area contributed by atoms with Crippen molar-refractivity contribution in [3.63, 3.8) is 0 Å². The van der Waals surface area contributed by atoms with Crippen molar-refractivity contribution >= 4 is 38.3 Å².